The van der Waals surface area contributed by atoms with Gasteiger partial charge < -0.3 is 10.4 Å². The zero-order valence-corrected chi connectivity index (χ0v) is 12.9. The molecule has 0 spiro atoms. The Morgan fingerprint density at radius 1 is 1.43 bits per heavy atom. The van der Waals surface area contributed by atoms with E-state index in [-0.39, 0.29) is 23.4 Å². The van der Waals surface area contributed by atoms with Crippen molar-refractivity contribution in [1.29, 1.82) is 0 Å². The van der Waals surface area contributed by atoms with Crippen LogP contribution in [0.15, 0.2) is 18.2 Å². The molecule has 0 saturated heterocycles. The molecule has 0 bridgehead atoms. The van der Waals surface area contributed by atoms with E-state index in [2.05, 4.69) is 5.32 Å². The van der Waals surface area contributed by atoms with Crippen LogP contribution in [0.3, 0.4) is 0 Å². The summed E-state index contributed by atoms with van der Waals surface area (Å²) >= 11 is 5.74. The number of nitrogens with one attached hydrogen (secondary N) is 1. The minimum atomic E-state index is -0.873. The topological polar surface area (TPSA) is 49.3 Å². The molecule has 5 heteroatoms. The first-order valence-corrected chi connectivity index (χ1v) is 7.74. The zero-order valence-electron chi connectivity index (χ0n) is 12.2. The summed E-state index contributed by atoms with van der Waals surface area (Å²) in [4.78, 5) is 12.1. The fourth-order valence-electron chi connectivity index (χ4n) is 2.84. The van der Waals surface area contributed by atoms with Gasteiger partial charge in [-0.15, -0.1) is 0 Å². The van der Waals surface area contributed by atoms with E-state index in [1.807, 2.05) is 6.92 Å². The van der Waals surface area contributed by atoms with E-state index in [9.17, 15) is 14.3 Å². The van der Waals surface area contributed by atoms with E-state index in [0.29, 0.717) is 12.8 Å². The lowest BCUT2D eigenvalue weighted by atomic mass is 9.82. The van der Waals surface area contributed by atoms with Gasteiger partial charge in [-0.1, -0.05) is 36.9 Å². The lowest BCUT2D eigenvalue weighted by molar-refractivity contribution is -0.128. The highest BCUT2D eigenvalue weighted by molar-refractivity contribution is 6.30. The fraction of sp³-hybridized carbons (Fsp3) is 0.562. The first-order valence-electron chi connectivity index (χ1n) is 7.36. The molecule has 1 aliphatic carbocycles. The number of benzene rings is 1. The van der Waals surface area contributed by atoms with Gasteiger partial charge >= 0.3 is 0 Å². The zero-order chi connectivity index (χ0) is 15.5. The van der Waals surface area contributed by atoms with Gasteiger partial charge in [-0.3, -0.25) is 4.79 Å². The van der Waals surface area contributed by atoms with Crippen molar-refractivity contribution in [2.24, 2.45) is 0 Å². The summed E-state index contributed by atoms with van der Waals surface area (Å²) in [7, 11) is 0. The second-order valence-electron chi connectivity index (χ2n) is 5.92. The van der Waals surface area contributed by atoms with Crippen LogP contribution in [0.2, 0.25) is 5.02 Å². The number of hydrogen-bond donors (Lipinski definition) is 2. The Morgan fingerprint density at radius 2 is 2.10 bits per heavy atom. The molecule has 1 aromatic rings. The van der Waals surface area contributed by atoms with Crippen molar-refractivity contribution in [3.63, 3.8) is 0 Å². The number of hydrogen-bond acceptors (Lipinski definition) is 2. The van der Waals surface area contributed by atoms with E-state index < -0.39 is 11.4 Å². The number of aliphatic hydroxyl groups is 1. The average Bonchev–Trinajstić information content (AvgIpc) is 2.41. The molecule has 0 radical (unpaired) electrons. The summed E-state index contributed by atoms with van der Waals surface area (Å²) in [5.74, 6) is -0.664. The van der Waals surface area contributed by atoms with E-state index >= 15 is 0 Å². The smallest absolute Gasteiger partial charge is 0.223 e. The van der Waals surface area contributed by atoms with Crippen molar-refractivity contribution in [2.45, 2.75) is 57.1 Å². The van der Waals surface area contributed by atoms with Crippen molar-refractivity contribution in [2.75, 3.05) is 0 Å². The Balaban J connectivity index is 1.93. The molecule has 2 N–H and O–H groups in total. The van der Waals surface area contributed by atoms with Gasteiger partial charge in [-0.2, -0.15) is 0 Å². The van der Waals surface area contributed by atoms with Crippen LogP contribution in [0, 0.1) is 5.82 Å². The van der Waals surface area contributed by atoms with Crippen LogP contribution in [-0.2, 0) is 4.79 Å². The highest BCUT2D eigenvalue weighted by atomic mass is 35.5. The molecule has 0 aromatic heterocycles. The van der Waals surface area contributed by atoms with Crippen LogP contribution in [0.5, 0.6) is 0 Å². The van der Waals surface area contributed by atoms with E-state index in [1.54, 1.807) is 6.07 Å². The lowest BCUT2D eigenvalue weighted by Gasteiger charge is -2.31. The molecule has 0 unspecified atom stereocenters. The van der Waals surface area contributed by atoms with Gasteiger partial charge in [0.15, 0.2) is 0 Å². The molecule has 1 atom stereocenters. The van der Waals surface area contributed by atoms with Crippen molar-refractivity contribution in [3.05, 3.63) is 34.6 Å². The summed E-state index contributed by atoms with van der Waals surface area (Å²) in [5.41, 5.74) is -0.131. The molecule has 21 heavy (non-hydrogen) atoms. The molecule has 1 saturated carbocycles. The van der Waals surface area contributed by atoms with Gasteiger partial charge in [0.1, 0.15) is 5.82 Å². The molecule has 0 aliphatic heterocycles. The normalized spacial score (nSPS) is 19.0. The molecule has 0 heterocycles. The summed E-state index contributed by atoms with van der Waals surface area (Å²) < 4.78 is 13.1. The third-order valence-corrected chi connectivity index (χ3v) is 4.38. The van der Waals surface area contributed by atoms with Crippen LogP contribution in [0.1, 0.15) is 57.1 Å². The monoisotopic (exact) mass is 313 g/mol. The van der Waals surface area contributed by atoms with Crippen LogP contribution in [0.25, 0.3) is 0 Å². The molecule has 3 nitrogen and oxygen atoms in total. The Bertz CT molecular complexity index is 515. The van der Waals surface area contributed by atoms with Gasteiger partial charge in [-0.05, 0) is 37.5 Å². The van der Waals surface area contributed by atoms with Crippen LogP contribution in [-0.4, -0.2) is 16.6 Å². The number of amides is 1. The average molecular weight is 314 g/mol. The van der Waals surface area contributed by atoms with Gasteiger partial charge in [0.25, 0.3) is 0 Å². The summed E-state index contributed by atoms with van der Waals surface area (Å²) in [6.07, 6.45) is 4.52. The Hall–Kier alpha value is -1.13. The largest absolute Gasteiger partial charge is 0.389 e. The maximum Gasteiger partial charge on any atom is 0.223 e. The lowest BCUT2D eigenvalue weighted by Crippen LogP contribution is -2.39. The second kappa shape index (κ2) is 6.75. The SMILES string of the molecule is C[C@@H](NC(=O)CC1(O)CCCCC1)c1ccc(F)c(Cl)c1. The van der Waals surface area contributed by atoms with Gasteiger partial charge in [0.2, 0.25) is 5.91 Å². The molecule has 1 aromatic carbocycles. The second-order valence-corrected chi connectivity index (χ2v) is 6.33. The fourth-order valence-corrected chi connectivity index (χ4v) is 3.03. The molecular formula is C16H21ClFNO2. The van der Waals surface area contributed by atoms with Crippen LogP contribution in [0.4, 0.5) is 4.39 Å². The highest BCUT2D eigenvalue weighted by Crippen LogP contribution is 2.31. The maximum atomic E-state index is 13.1. The number of halogens is 2. The number of carbonyl (C=O) groups is 1. The first-order chi connectivity index (χ1) is 9.89. The highest BCUT2D eigenvalue weighted by Gasteiger charge is 2.32. The summed E-state index contributed by atoms with van der Waals surface area (Å²) in [5, 5.41) is 13.3. The van der Waals surface area contributed by atoms with Gasteiger partial charge in [-0.25, -0.2) is 4.39 Å². The molecule has 1 fully saturated rings. The minimum Gasteiger partial charge on any atom is -0.389 e. The van der Waals surface area contributed by atoms with Gasteiger partial charge in [0.05, 0.1) is 23.1 Å². The molecule has 2 rings (SSSR count). The van der Waals surface area contributed by atoms with Crippen molar-refractivity contribution in [1.82, 2.24) is 5.32 Å². The number of rotatable bonds is 4. The molecule has 1 aliphatic rings. The van der Waals surface area contributed by atoms with E-state index in [0.717, 1.165) is 24.8 Å². The first kappa shape index (κ1) is 16.2. The Kier molecular flexibility index (Phi) is 5.22. The van der Waals surface area contributed by atoms with Crippen LogP contribution >= 0.6 is 11.6 Å². The van der Waals surface area contributed by atoms with Crippen molar-refractivity contribution >= 4 is 17.5 Å². The summed E-state index contributed by atoms with van der Waals surface area (Å²) in [6, 6.07) is 4.12. The maximum absolute atomic E-state index is 13.1. The molecule has 1 amide bonds. The third kappa shape index (κ3) is 4.42. The third-order valence-electron chi connectivity index (χ3n) is 4.10. The van der Waals surface area contributed by atoms with Crippen molar-refractivity contribution in [3.8, 4) is 0 Å². The molecule has 116 valence electrons. The summed E-state index contributed by atoms with van der Waals surface area (Å²) in [6.45, 7) is 1.81. The minimum absolute atomic E-state index is 0.0412. The van der Waals surface area contributed by atoms with Crippen molar-refractivity contribution < 1.29 is 14.3 Å². The van der Waals surface area contributed by atoms with Gasteiger partial charge in [0, 0.05) is 0 Å². The molecular weight excluding hydrogens is 293 g/mol. The Morgan fingerprint density at radius 3 is 2.71 bits per heavy atom. The quantitative estimate of drug-likeness (QED) is 0.889. The predicted molar refractivity (Wildman–Crippen MR) is 80.6 cm³/mol. The van der Waals surface area contributed by atoms with Crippen LogP contribution < -0.4 is 5.32 Å². The predicted octanol–water partition coefficient (Wildman–Crippen LogP) is 3.74. The van der Waals surface area contributed by atoms with E-state index in [4.69, 9.17) is 11.6 Å². The van der Waals surface area contributed by atoms with E-state index in [1.165, 1.54) is 12.1 Å². The number of carbonyl (C=O) groups excluding carboxylic acids is 1. The standard InChI is InChI=1S/C16H21ClFNO2/c1-11(12-5-6-14(18)13(17)9-12)19-15(20)10-16(21)7-3-2-4-8-16/h5-6,9,11,21H,2-4,7-8,10H2,1H3,(H,19,20)/t11-/m1/s1. The Labute approximate surface area is 129 Å².